The zero-order chi connectivity index (χ0) is 20.9. The van der Waals surface area contributed by atoms with Crippen LogP contribution in [0.3, 0.4) is 0 Å². The number of piperazine rings is 1. The van der Waals surface area contributed by atoms with Crippen molar-refractivity contribution in [2.75, 3.05) is 37.6 Å². The van der Waals surface area contributed by atoms with Crippen molar-refractivity contribution in [3.05, 3.63) is 36.0 Å². The summed E-state index contributed by atoms with van der Waals surface area (Å²) in [6, 6.07) is 8.83. The van der Waals surface area contributed by atoms with E-state index in [0.717, 1.165) is 63.1 Å². The maximum atomic E-state index is 12.4. The Hall–Kier alpha value is -2.58. The zero-order valence-electron chi connectivity index (χ0n) is 17.6. The van der Waals surface area contributed by atoms with Crippen molar-refractivity contribution in [2.45, 2.75) is 44.7 Å². The fourth-order valence-electron chi connectivity index (χ4n) is 4.14. The molecule has 1 saturated carbocycles. The minimum absolute atomic E-state index is 0.114. The molecule has 0 unspecified atom stereocenters. The molecule has 4 rings (SSSR count). The lowest BCUT2D eigenvalue weighted by Crippen LogP contribution is -2.51. The molecule has 3 N–H and O–H groups in total. The number of carbonyl (C=O) groups excluding carboxylic acids is 1. The molecule has 2 aliphatic rings. The van der Waals surface area contributed by atoms with E-state index in [9.17, 15) is 4.79 Å². The Morgan fingerprint density at radius 1 is 1.10 bits per heavy atom. The van der Waals surface area contributed by atoms with E-state index in [-0.39, 0.29) is 11.9 Å². The predicted octanol–water partition coefficient (Wildman–Crippen LogP) is 1.36. The van der Waals surface area contributed by atoms with Crippen LogP contribution in [0, 0.1) is 6.92 Å². The van der Waals surface area contributed by atoms with E-state index >= 15 is 0 Å². The van der Waals surface area contributed by atoms with Crippen LogP contribution in [0.25, 0.3) is 11.3 Å². The van der Waals surface area contributed by atoms with Gasteiger partial charge in [0.25, 0.3) is 0 Å². The number of nitrogens with zero attached hydrogens (tertiary/aromatic N) is 5. The highest BCUT2D eigenvalue weighted by molar-refractivity contribution is 5.78. The molecule has 1 aromatic carbocycles. The van der Waals surface area contributed by atoms with Crippen LogP contribution in [0.2, 0.25) is 0 Å². The molecule has 1 aromatic heterocycles. The summed E-state index contributed by atoms with van der Waals surface area (Å²) in [6.45, 7) is 5.69. The monoisotopic (exact) mass is 409 g/mol. The number of rotatable bonds is 5. The van der Waals surface area contributed by atoms with Crippen molar-refractivity contribution in [2.24, 2.45) is 5.73 Å². The Bertz CT molecular complexity index is 841. The van der Waals surface area contributed by atoms with Crippen molar-refractivity contribution in [1.82, 2.24) is 25.4 Å². The van der Waals surface area contributed by atoms with Crippen LogP contribution in [0.5, 0.6) is 0 Å². The van der Waals surface area contributed by atoms with Crippen LogP contribution in [0.4, 0.5) is 5.95 Å². The summed E-state index contributed by atoms with van der Waals surface area (Å²) in [5.74, 6) is 0.763. The highest BCUT2D eigenvalue weighted by Gasteiger charge is 2.24. The van der Waals surface area contributed by atoms with Gasteiger partial charge in [-0.05, 0) is 32.6 Å². The second kappa shape index (κ2) is 9.49. The second-order valence-corrected chi connectivity index (χ2v) is 8.45. The average Bonchev–Trinajstić information content (AvgIpc) is 2.76. The third kappa shape index (κ3) is 5.31. The zero-order valence-corrected chi connectivity index (χ0v) is 17.6. The van der Waals surface area contributed by atoms with Crippen LogP contribution in [0.1, 0.15) is 31.2 Å². The number of nitrogens with one attached hydrogen (secondary N) is 1. The summed E-state index contributed by atoms with van der Waals surface area (Å²) in [7, 11) is 0. The van der Waals surface area contributed by atoms with Crippen molar-refractivity contribution in [1.29, 1.82) is 0 Å². The van der Waals surface area contributed by atoms with Gasteiger partial charge in [-0.2, -0.15) is 5.10 Å². The Balaban J connectivity index is 1.28. The van der Waals surface area contributed by atoms with Crippen molar-refractivity contribution >= 4 is 11.9 Å². The van der Waals surface area contributed by atoms with E-state index in [2.05, 4.69) is 56.5 Å². The van der Waals surface area contributed by atoms with Gasteiger partial charge in [0.2, 0.25) is 11.9 Å². The van der Waals surface area contributed by atoms with E-state index in [1.807, 2.05) is 0 Å². The quantitative estimate of drug-likeness (QED) is 0.769. The smallest absolute Gasteiger partial charge is 0.245 e. The molecule has 1 aliphatic heterocycles. The molecule has 2 fully saturated rings. The first-order valence-corrected chi connectivity index (χ1v) is 10.9. The lowest BCUT2D eigenvalue weighted by atomic mass is 9.92. The number of benzene rings is 1. The van der Waals surface area contributed by atoms with E-state index in [4.69, 9.17) is 10.7 Å². The average molecular weight is 410 g/mol. The highest BCUT2D eigenvalue weighted by Crippen LogP contribution is 2.20. The molecule has 1 aliphatic carbocycles. The molecule has 30 heavy (non-hydrogen) atoms. The summed E-state index contributed by atoms with van der Waals surface area (Å²) in [5, 5.41) is 11.6. The topological polar surface area (TPSA) is 100 Å². The molecule has 160 valence electrons. The fraction of sp³-hybridized carbons (Fsp3) is 0.545. The number of aromatic nitrogens is 3. The largest absolute Gasteiger partial charge is 0.352 e. The summed E-state index contributed by atoms with van der Waals surface area (Å²) >= 11 is 0. The summed E-state index contributed by atoms with van der Waals surface area (Å²) < 4.78 is 0. The van der Waals surface area contributed by atoms with Crippen molar-refractivity contribution in [3.63, 3.8) is 0 Å². The number of anilines is 1. The number of hydrogen-bond donors (Lipinski definition) is 2. The van der Waals surface area contributed by atoms with E-state index in [1.165, 1.54) is 5.56 Å². The maximum absolute atomic E-state index is 12.4. The molecule has 8 nitrogen and oxygen atoms in total. The molecule has 0 bridgehead atoms. The van der Waals surface area contributed by atoms with Gasteiger partial charge in [-0.15, -0.1) is 5.10 Å². The molecule has 0 radical (unpaired) electrons. The van der Waals surface area contributed by atoms with Crippen LogP contribution in [0.15, 0.2) is 30.5 Å². The molecular weight excluding hydrogens is 378 g/mol. The Kier molecular flexibility index (Phi) is 6.54. The van der Waals surface area contributed by atoms with Gasteiger partial charge in [-0.25, -0.2) is 4.98 Å². The number of hydrogen-bond acceptors (Lipinski definition) is 7. The van der Waals surface area contributed by atoms with Gasteiger partial charge >= 0.3 is 0 Å². The predicted molar refractivity (Wildman–Crippen MR) is 117 cm³/mol. The van der Waals surface area contributed by atoms with Gasteiger partial charge < -0.3 is 16.0 Å². The standard InChI is InChI=1S/C22H31N7O/c1-16-2-4-17(5-3-16)20-14-24-27-22(26-20)29-12-10-28(11-13-29)15-21(30)25-19-8-6-18(23)7-9-19/h2-5,14,18-19H,6-13,15,23H2,1H3,(H,25,30). The van der Waals surface area contributed by atoms with Gasteiger partial charge in [-0.1, -0.05) is 29.8 Å². The molecule has 2 heterocycles. The lowest BCUT2D eigenvalue weighted by Gasteiger charge is -2.34. The molecule has 1 amide bonds. The number of nitrogens with two attached hydrogens (primary N) is 1. The van der Waals surface area contributed by atoms with E-state index in [0.29, 0.717) is 18.5 Å². The third-order valence-electron chi connectivity index (χ3n) is 6.05. The molecular formula is C22H31N7O. The van der Waals surface area contributed by atoms with Crippen LogP contribution < -0.4 is 16.0 Å². The number of aryl methyl sites for hydroxylation is 1. The molecule has 2 aromatic rings. The minimum atomic E-state index is 0.114. The number of amides is 1. The van der Waals surface area contributed by atoms with Gasteiger partial charge in [0.15, 0.2) is 0 Å². The summed E-state index contributed by atoms with van der Waals surface area (Å²) in [6.07, 6.45) is 5.68. The normalized spacial score (nSPS) is 22.7. The first-order valence-electron chi connectivity index (χ1n) is 10.9. The van der Waals surface area contributed by atoms with Gasteiger partial charge in [0, 0.05) is 43.8 Å². The molecule has 0 spiro atoms. The SMILES string of the molecule is Cc1ccc(-c2cnnc(N3CCN(CC(=O)NC4CCC(N)CC4)CC3)n2)cc1. The molecule has 8 heteroatoms. The Morgan fingerprint density at radius 3 is 2.50 bits per heavy atom. The van der Waals surface area contributed by atoms with Crippen LogP contribution in [-0.4, -0.2) is 70.8 Å². The Labute approximate surface area is 177 Å². The van der Waals surface area contributed by atoms with Gasteiger partial charge in [0.05, 0.1) is 18.4 Å². The molecule has 1 saturated heterocycles. The van der Waals surface area contributed by atoms with Crippen molar-refractivity contribution in [3.8, 4) is 11.3 Å². The third-order valence-corrected chi connectivity index (χ3v) is 6.05. The van der Waals surface area contributed by atoms with Gasteiger partial charge in [0.1, 0.15) is 0 Å². The van der Waals surface area contributed by atoms with E-state index in [1.54, 1.807) is 6.20 Å². The lowest BCUT2D eigenvalue weighted by molar-refractivity contribution is -0.123. The van der Waals surface area contributed by atoms with Gasteiger partial charge in [-0.3, -0.25) is 9.69 Å². The summed E-state index contributed by atoms with van der Waals surface area (Å²) in [5.41, 5.74) is 9.03. The van der Waals surface area contributed by atoms with Crippen molar-refractivity contribution < 1.29 is 4.79 Å². The second-order valence-electron chi connectivity index (χ2n) is 8.45. The van der Waals surface area contributed by atoms with Crippen LogP contribution in [-0.2, 0) is 4.79 Å². The highest BCUT2D eigenvalue weighted by atomic mass is 16.2. The Morgan fingerprint density at radius 2 is 1.80 bits per heavy atom. The maximum Gasteiger partial charge on any atom is 0.245 e. The van der Waals surface area contributed by atoms with Crippen LogP contribution >= 0.6 is 0 Å². The first kappa shape index (κ1) is 20.7. The minimum Gasteiger partial charge on any atom is -0.352 e. The number of carbonyl (C=O) groups is 1. The fourth-order valence-corrected chi connectivity index (χ4v) is 4.14. The molecule has 0 atom stereocenters. The van der Waals surface area contributed by atoms with E-state index < -0.39 is 0 Å². The summed E-state index contributed by atoms with van der Waals surface area (Å²) in [4.78, 5) is 21.4. The first-order chi connectivity index (χ1) is 14.6.